The molecule has 0 spiro atoms. The lowest BCUT2D eigenvalue weighted by Gasteiger charge is -2.21. The SMILES string of the molecule is Cc1cnn(-c2ccc(S(=O)(=O)N3CCC[C@@H]3C(=O)O)cc2F)c1. The minimum absolute atomic E-state index is 0.112. The molecule has 1 atom stereocenters. The Morgan fingerprint density at radius 2 is 2.17 bits per heavy atom. The number of hydrogen-bond acceptors (Lipinski definition) is 4. The minimum atomic E-state index is -4.07. The second-order valence-electron chi connectivity index (χ2n) is 5.69. The Hall–Kier alpha value is -2.26. The number of hydrogen-bond donors (Lipinski definition) is 1. The topological polar surface area (TPSA) is 92.5 Å². The fraction of sp³-hybridized carbons (Fsp3) is 0.333. The number of carboxylic acid groups (broad SMARTS) is 1. The molecular formula is C15H16FN3O4S. The molecule has 1 fully saturated rings. The molecule has 24 heavy (non-hydrogen) atoms. The van der Waals surface area contributed by atoms with Crippen molar-refractivity contribution in [2.75, 3.05) is 6.54 Å². The van der Waals surface area contributed by atoms with Crippen molar-refractivity contribution in [3.63, 3.8) is 0 Å². The number of aromatic nitrogens is 2. The van der Waals surface area contributed by atoms with Gasteiger partial charge in [0.05, 0.1) is 11.1 Å². The number of sulfonamides is 1. The van der Waals surface area contributed by atoms with Crippen molar-refractivity contribution in [1.82, 2.24) is 14.1 Å². The van der Waals surface area contributed by atoms with Gasteiger partial charge in [-0.1, -0.05) is 0 Å². The van der Waals surface area contributed by atoms with Crippen LogP contribution in [0.2, 0.25) is 0 Å². The molecule has 7 nitrogen and oxygen atoms in total. The summed E-state index contributed by atoms with van der Waals surface area (Å²) in [4.78, 5) is 10.9. The zero-order valence-electron chi connectivity index (χ0n) is 12.9. The van der Waals surface area contributed by atoms with Gasteiger partial charge in [0.2, 0.25) is 10.0 Å². The number of halogens is 1. The molecule has 1 aliphatic rings. The van der Waals surface area contributed by atoms with Crippen LogP contribution in [0.3, 0.4) is 0 Å². The molecular weight excluding hydrogens is 337 g/mol. The maximum absolute atomic E-state index is 14.4. The predicted molar refractivity (Wildman–Crippen MR) is 82.8 cm³/mol. The number of carboxylic acids is 1. The van der Waals surface area contributed by atoms with E-state index in [1.165, 1.54) is 16.8 Å². The Morgan fingerprint density at radius 3 is 2.75 bits per heavy atom. The summed E-state index contributed by atoms with van der Waals surface area (Å²) < 4.78 is 41.8. The molecule has 0 radical (unpaired) electrons. The summed E-state index contributed by atoms with van der Waals surface area (Å²) in [5.41, 5.74) is 0.964. The van der Waals surface area contributed by atoms with Crippen LogP contribution in [-0.4, -0.2) is 46.2 Å². The largest absolute Gasteiger partial charge is 0.480 e. The summed E-state index contributed by atoms with van der Waals surface area (Å²) in [6, 6.07) is 2.38. The molecule has 2 heterocycles. The average molecular weight is 353 g/mol. The van der Waals surface area contributed by atoms with Gasteiger partial charge in [-0.05, 0) is 43.5 Å². The van der Waals surface area contributed by atoms with Gasteiger partial charge in [0.25, 0.3) is 0 Å². The highest BCUT2D eigenvalue weighted by molar-refractivity contribution is 7.89. The Kier molecular flexibility index (Phi) is 4.14. The molecule has 0 bridgehead atoms. The first-order valence-electron chi connectivity index (χ1n) is 7.36. The Bertz CT molecular complexity index is 894. The molecule has 3 rings (SSSR count). The molecule has 1 aromatic heterocycles. The number of nitrogens with zero attached hydrogens (tertiary/aromatic N) is 3. The molecule has 1 aliphatic heterocycles. The fourth-order valence-electron chi connectivity index (χ4n) is 2.79. The molecule has 1 saturated heterocycles. The van der Waals surface area contributed by atoms with Crippen molar-refractivity contribution in [3.8, 4) is 5.69 Å². The van der Waals surface area contributed by atoms with Gasteiger partial charge < -0.3 is 5.11 Å². The monoisotopic (exact) mass is 353 g/mol. The first-order chi connectivity index (χ1) is 11.3. The molecule has 0 aliphatic carbocycles. The summed E-state index contributed by atoms with van der Waals surface area (Å²) in [7, 11) is -4.07. The lowest BCUT2D eigenvalue weighted by atomic mass is 10.2. The van der Waals surface area contributed by atoms with Crippen LogP contribution in [0.1, 0.15) is 18.4 Å². The molecule has 0 amide bonds. The standard InChI is InChI=1S/C15H16FN3O4S/c1-10-8-17-18(9-10)13-5-4-11(7-12(13)16)24(22,23)19-6-2-3-14(19)15(20)21/h4-5,7-9,14H,2-3,6H2,1H3,(H,20,21)/t14-/m1/s1. The third kappa shape index (κ3) is 2.80. The van der Waals surface area contributed by atoms with Crippen molar-refractivity contribution in [3.05, 3.63) is 42.0 Å². The van der Waals surface area contributed by atoms with Crippen LogP contribution in [0.4, 0.5) is 4.39 Å². The smallest absolute Gasteiger partial charge is 0.322 e. The van der Waals surface area contributed by atoms with Crippen molar-refractivity contribution < 1.29 is 22.7 Å². The van der Waals surface area contributed by atoms with Crippen LogP contribution in [-0.2, 0) is 14.8 Å². The van der Waals surface area contributed by atoms with Crippen molar-refractivity contribution in [2.45, 2.75) is 30.7 Å². The second-order valence-corrected chi connectivity index (χ2v) is 7.58. The Morgan fingerprint density at radius 1 is 1.42 bits per heavy atom. The van der Waals surface area contributed by atoms with E-state index in [4.69, 9.17) is 5.11 Å². The normalized spacial score (nSPS) is 18.8. The van der Waals surface area contributed by atoms with Crippen molar-refractivity contribution >= 4 is 16.0 Å². The van der Waals surface area contributed by atoms with Gasteiger partial charge in [0.15, 0.2) is 0 Å². The van der Waals surface area contributed by atoms with Gasteiger partial charge in [-0.2, -0.15) is 9.40 Å². The third-order valence-electron chi connectivity index (χ3n) is 3.97. The summed E-state index contributed by atoms with van der Waals surface area (Å²) >= 11 is 0. The summed E-state index contributed by atoms with van der Waals surface area (Å²) in [5.74, 6) is -1.94. The van der Waals surface area contributed by atoms with E-state index in [0.717, 1.165) is 15.9 Å². The van der Waals surface area contributed by atoms with E-state index < -0.39 is 27.9 Å². The highest BCUT2D eigenvalue weighted by Gasteiger charge is 2.39. The van der Waals surface area contributed by atoms with Gasteiger partial charge in [-0.25, -0.2) is 17.5 Å². The van der Waals surface area contributed by atoms with E-state index in [1.807, 2.05) is 0 Å². The lowest BCUT2D eigenvalue weighted by Crippen LogP contribution is -2.40. The van der Waals surface area contributed by atoms with E-state index in [1.54, 1.807) is 19.3 Å². The molecule has 128 valence electrons. The lowest BCUT2D eigenvalue weighted by molar-refractivity contribution is -0.140. The number of rotatable bonds is 4. The van der Waals surface area contributed by atoms with Gasteiger partial charge in [0, 0.05) is 12.7 Å². The van der Waals surface area contributed by atoms with Crippen LogP contribution in [0.25, 0.3) is 5.69 Å². The zero-order chi connectivity index (χ0) is 17.5. The molecule has 0 saturated carbocycles. The van der Waals surface area contributed by atoms with Gasteiger partial charge in [-0.15, -0.1) is 0 Å². The number of carbonyl (C=O) groups is 1. The predicted octanol–water partition coefficient (Wildman–Crippen LogP) is 1.56. The van der Waals surface area contributed by atoms with E-state index in [9.17, 15) is 17.6 Å². The summed E-state index contributed by atoms with van der Waals surface area (Å²) in [5, 5.41) is 13.1. The summed E-state index contributed by atoms with van der Waals surface area (Å²) in [6.07, 6.45) is 3.89. The Balaban J connectivity index is 1.97. The van der Waals surface area contributed by atoms with E-state index in [-0.39, 0.29) is 23.5 Å². The van der Waals surface area contributed by atoms with E-state index in [0.29, 0.717) is 6.42 Å². The van der Waals surface area contributed by atoms with Crippen LogP contribution in [0, 0.1) is 12.7 Å². The molecule has 1 N–H and O–H groups in total. The molecule has 1 aromatic carbocycles. The van der Waals surface area contributed by atoms with Crippen LogP contribution < -0.4 is 0 Å². The number of aliphatic carboxylic acids is 1. The van der Waals surface area contributed by atoms with Crippen LogP contribution >= 0.6 is 0 Å². The number of aryl methyl sites for hydroxylation is 1. The quantitative estimate of drug-likeness (QED) is 0.900. The highest BCUT2D eigenvalue weighted by atomic mass is 32.2. The minimum Gasteiger partial charge on any atom is -0.480 e. The van der Waals surface area contributed by atoms with Gasteiger partial charge in [0.1, 0.15) is 17.5 Å². The zero-order valence-corrected chi connectivity index (χ0v) is 13.7. The fourth-order valence-corrected chi connectivity index (χ4v) is 4.45. The first kappa shape index (κ1) is 16.6. The second kappa shape index (κ2) is 5.99. The van der Waals surface area contributed by atoms with Gasteiger partial charge >= 0.3 is 5.97 Å². The molecule has 0 unspecified atom stereocenters. The van der Waals surface area contributed by atoms with Crippen molar-refractivity contribution in [2.24, 2.45) is 0 Å². The average Bonchev–Trinajstić information content (AvgIpc) is 3.16. The molecule has 9 heteroatoms. The van der Waals surface area contributed by atoms with Crippen molar-refractivity contribution in [1.29, 1.82) is 0 Å². The van der Waals surface area contributed by atoms with E-state index >= 15 is 0 Å². The molecule has 2 aromatic rings. The van der Waals surface area contributed by atoms with Gasteiger partial charge in [-0.3, -0.25) is 4.79 Å². The van der Waals surface area contributed by atoms with Crippen LogP contribution in [0.5, 0.6) is 0 Å². The Labute approximate surface area is 138 Å². The highest BCUT2D eigenvalue weighted by Crippen LogP contribution is 2.27. The third-order valence-corrected chi connectivity index (χ3v) is 5.88. The first-order valence-corrected chi connectivity index (χ1v) is 8.80. The number of benzene rings is 1. The van der Waals surface area contributed by atoms with Crippen LogP contribution in [0.15, 0.2) is 35.5 Å². The maximum Gasteiger partial charge on any atom is 0.322 e. The maximum atomic E-state index is 14.4. The van der Waals surface area contributed by atoms with E-state index in [2.05, 4.69) is 5.10 Å². The summed E-state index contributed by atoms with van der Waals surface area (Å²) in [6.45, 7) is 1.92.